The van der Waals surface area contributed by atoms with Crippen molar-refractivity contribution in [3.8, 4) is 11.5 Å². The minimum atomic E-state index is -0.294. The van der Waals surface area contributed by atoms with Crippen molar-refractivity contribution in [3.63, 3.8) is 0 Å². The standard InChI is InChI=1S/C16H18N4O3/c1-4-8-17-15(21)13-7-9-18-16(20-13)19-12-6-5-11(22-2)10-14(12)23-3/h4-7,9-10H,1,8H2,2-3H3,(H,17,21)(H,18,19,20). The highest BCUT2D eigenvalue weighted by atomic mass is 16.5. The van der Waals surface area contributed by atoms with Gasteiger partial charge in [-0.25, -0.2) is 9.97 Å². The van der Waals surface area contributed by atoms with Gasteiger partial charge < -0.3 is 20.1 Å². The summed E-state index contributed by atoms with van der Waals surface area (Å²) in [6.45, 7) is 3.92. The lowest BCUT2D eigenvalue weighted by molar-refractivity contribution is 0.0953. The molecule has 1 amide bonds. The van der Waals surface area contributed by atoms with Crippen LogP contribution in [0.5, 0.6) is 11.5 Å². The highest BCUT2D eigenvalue weighted by Crippen LogP contribution is 2.30. The van der Waals surface area contributed by atoms with Crippen LogP contribution in [-0.4, -0.2) is 36.6 Å². The minimum absolute atomic E-state index is 0.261. The van der Waals surface area contributed by atoms with Crippen LogP contribution in [0.15, 0.2) is 43.1 Å². The Labute approximate surface area is 134 Å². The molecular weight excluding hydrogens is 296 g/mol. The third kappa shape index (κ3) is 4.19. The lowest BCUT2D eigenvalue weighted by Gasteiger charge is -2.11. The van der Waals surface area contributed by atoms with E-state index >= 15 is 0 Å². The summed E-state index contributed by atoms with van der Waals surface area (Å²) in [5, 5.41) is 5.68. The lowest BCUT2D eigenvalue weighted by atomic mass is 10.2. The van der Waals surface area contributed by atoms with Crippen molar-refractivity contribution in [3.05, 3.63) is 48.8 Å². The lowest BCUT2D eigenvalue weighted by Crippen LogP contribution is -2.24. The molecule has 0 unspecified atom stereocenters. The Hall–Kier alpha value is -3.09. The van der Waals surface area contributed by atoms with Crippen molar-refractivity contribution in [1.29, 1.82) is 0 Å². The summed E-state index contributed by atoms with van der Waals surface area (Å²) in [5.74, 6) is 1.25. The minimum Gasteiger partial charge on any atom is -0.497 e. The fraction of sp³-hybridized carbons (Fsp3) is 0.188. The van der Waals surface area contributed by atoms with E-state index in [0.29, 0.717) is 29.7 Å². The van der Waals surface area contributed by atoms with E-state index in [0.717, 1.165) is 0 Å². The summed E-state index contributed by atoms with van der Waals surface area (Å²) in [7, 11) is 3.14. The largest absolute Gasteiger partial charge is 0.497 e. The summed E-state index contributed by atoms with van der Waals surface area (Å²) in [6.07, 6.45) is 3.11. The molecule has 23 heavy (non-hydrogen) atoms. The Balaban J connectivity index is 2.20. The van der Waals surface area contributed by atoms with Crippen LogP contribution in [0.25, 0.3) is 0 Å². The molecule has 2 aromatic rings. The molecule has 0 aliphatic carbocycles. The van der Waals surface area contributed by atoms with Crippen molar-refractivity contribution in [2.45, 2.75) is 0 Å². The van der Waals surface area contributed by atoms with Gasteiger partial charge in [-0.3, -0.25) is 4.79 Å². The van der Waals surface area contributed by atoms with Gasteiger partial charge in [0.2, 0.25) is 5.95 Å². The Kier molecular flexibility index (Phi) is 5.51. The molecule has 0 saturated heterocycles. The zero-order chi connectivity index (χ0) is 16.7. The molecule has 0 atom stereocenters. The Morgan fingerprint density at radius 2 is 2.13 bits per heavy atom. The van der Waals surface area contributed by atoms with Crippen LogP contribution in [0, 0.1) is 0 Å². The number of nitrogens with one attached hydrogen (secondary N) is 2. The predicted octanol–water partition coefficient (Wildman–Crippen LogP) is 2.15. The maximum atomic E-state index is 11.9. The van der Waals surface area contributed by atoms with Crippen LogP contribution >= 0.6 is 0 Å². The van der Waals surface area contributed by atoms with E-state index in [1.165, 1.54) is 12.3 Å². The number of ether oxygens (including phenoxy) is 2. The van der Waals surface area contributed by atoms with E-state index in [1.807, 2.05) is 0 Å². The first-order chi connectivity index (χ1) is 11.2. The summed E-state index contributed by atoms with van der Waals surface area (Å²) in [4.78, 5) is 20.2. The smallest absolute Gasteiger partial charge is 0.270 e. The Morgan fingerprint density at radius 1 is 1.30 bits per heavy atom. The van der Waals surface area contributed by atoms with Crippen LogP contribution in [0.4, 0.5) is 11.6 Å². The number of nitrogens with zero attached hydrogens (tertiary/aromatic N) is 2. The maximum Gasteiger partial charge on any atom is 0.270 e. The molecule has 0 aliphatic heterocycles. The topological polar surface area (TPSA) is 85.4 Å². The van der Waals surface area contributed by atoms with Gasteiger partial charge in [0.25, 0.3) is 5.91 Å². The molecule has 0 aliphatic rings. The number of hydrogen-bond donors (Lipinski definition) is 2. The first-order valence-corrected chi connectivity index (χ1v) is 6.89. The third-order valence-corrected chi connectivity index (χ3v) is 2.95. The predicted molar refractivity (Wildman–Crippen MR) is 87.4 cm³/mol. The van der Waals surface area contributed by atoms with Gasteiger partial charge in [0.05, 0.1) is 19.9 Å². The Bertz CT molecular complexity index is 703. The van der Waals surface area contributed by atoms with E-state index in [1.54, 1.807) is 38.5 Å². The zero-order valence-electron chi connectivity index (χ0n) is 13.0. The number of carbonyl (C=O) groups excluding carboxylic acids is 1. The normalized spacial score (nSPS) is 9.83. The number of rotatable bonds is 7. The molecule has 0 spiro atoms. The van der Waals surface area contributed by atoms with E-state index in [2.05, 4.69) is 27.2 Å². The number of amides is 1. The number of hydrogen-bond acceptors (Lipinski definition) is 6. The highest BCUT2D eigenvalue weighted by Gasteiger charge is 2.10. The fourth-order valence-electron chi connectivity index (χ4n) is 1.82. The van der Waals surface area contributed by atoms with E-state index < -0.39 is 0 Å². The van der Waals surface area contributed by atoms with Gasteiger partial charge in [-0.05, 0) is 18.2 Å². The van der Waals surface area contributed by atoms with E-state index in [-0.39, 0.29) is 11.6 Å². The number of anilines is 2. The average Bonchev–Trinajstić information content (AvgIpc) is 2.60. The molecule has 2 N–H and O–H groups in total. The van der Waals surface area contributed by atoms with Crippen LogP contribution in [-0.2, 0) is 0 Å². The molecule has 1 aromatic carbocycles. The quantitative estimate of drug-likeness (QED) is 0.762. The molecule has 0 saturated carbocycles. The van der Waals surface area contributed by atoms with Gasteiger partial charge in [-0.1, -0.05) is 6.08 Å². The molecular formula is C16H18N4O3. The van der Waals surface area contributed by atoms with Crippen molar-refractivity contribution in [2.75, 3.05) is 26.1 Å². The molecule has 0 bridgehead atoms. The first kappa shape index (κ1) is 16.3. The van der Waals surface area contributed by atoms with Gasteiger partial charge in [0.15, 0.2) is 0 Å². The van der Waals surface area contributed by atoms with E-state index in [9.17, 15) is 4.79 Å². The molecule has 1 heterocycles. The first-order valence-electron chi connectivity index (χ1n) is 6.89. The van der Waals surface area contributed by atoms with Gasteiger partial charge >= 0.3 is 0 Å². The second-order valence-electron chi connectivity index (χ2n) is 4.46. The number of aromatic nitrogens is 2. The second kappa shape index (κ2) is 7.79. The van der Waals surface area contributed by atoms with Gasteiger partial charge in [0, 0.05) is 18.8 Å². The third-order valence-electron chi connectivity index (χ3n) is 2.95. The summed E-state index contributed by atoms with van der Waals surface area (Å²) in [5.41, 5.74) is 0.925. The molecule has 0 radical (unpaired) electrons. The number of benzene rings is 1. The van der Waals surface area contributed by atoms with Crippen LogP contribution in [0.3, 0.4) is 0 Å². The molecule has 7 nitrogen and oxygen atoms in total. The van der Waals surface area contributed by atoms with Crippen LogP contribution in [0.2, 0.25) is 0 Å². The zero-order valence-corrected chi connectivity index (χ0v) is 13.0. The summed E-state index contributed by atoms with van der Waals surface area (Å²) < 4.78 is 10.5. The van der Waals surface area contributed by atoms with E-state index in [4.69, 9.17) is 9.47 Å². The Morgan fingerprint density at radius 3 is 2.83 bits per heavy atom. The molecule has 1 aromatic heterocycles. The van der Waals surface area contributed by atoms with Crippen molar-refractivity contribution in [2.24, 2.45) is 0 Å². The fourth-order valence-corrected chi connectivity index (χ4v) is 1.82. The second-order valence-corrected chi connectivity index (χ2v) is 4.46. The van der Waals surface area contributed by atoms with Gasteiger partial charge in [0.1, 0.15) is 17.2 Å². The molecule has 7 heteroatoms. The maximum absolute atomic E-state index is 11.9. The molecule has 2 rings (SSSR count). The highest BCUT2D eigenvalue weighted by molar-refractivity contribution is 5.92. The van der Waals surface area contributed by atoms with Gasteiger partial charge in [-0.2, -0.15) is 0 Å². The number of methoxy groups -OCH3 is 2. The summed E-state index contributed by atoms with van der Waals surface area (Å²) >= 11 is 0. The summed E-state index contributed by atoms with van der Waals surface area (Å²) in [6, 6.07) is 6.84. The molecule has 0 fully saturated rings. The monoisotopic (exact) mass is 314 g/mol. The van der Waals surface area contributed by atoms with Crippen molar-refractivity contribution >= 4 is 17.5 Å². The van der Waals surface area contributed by atoms with Crippen molar-refractivity contribution in [1.82, 2.24) is 15.3 Å². The SMILES string of the molecule is C=CCNC(=O)c1ccnc(Nc2ccc(OC)cc2OC)n1. The number of carbonyl (C=O) groups is 1. The van der Waals surface area contributed by atoms with Crippen LogP contribution < -0.4 is 20.1 Å². The average molecular weight is 314 g/mol. The van der Waals surface area contributed by atoms with Gasteiger partial charge in [-0.15, -0.1) is 6.58 Å². The molecule has 120 valence electrons. The van der Waals surface area contributed by atoms with Crippen LogP contribution in [0.1, 0.15) is 10.5 Å². The van der Waals surface area contributed by atoms with Crippen molar-refractivity contribution < 1.29 is 14.3 Å².